The highest BCUT2D eigenvalue weighted by atomic mass is 16.5. The van der Waals surface area contributed by atoms with Gasteiger partial charge in [0.05, 0.1) is 40.6 Å². The van der Waals surface area contributed by atoms with Crippen LogP contribution in [0.25, 0.3) is 0 Å². The molecule has 0 N–H and O–H groups in total. The van der Waals surface area contributed by atoms with Gasteiger partial charge >= 0.3 is 12.0 Å². The fourth-order valence-electron chi connectivity index (χ4n) is 2.09. The lowest BCUT2D eigenvalue weighted by Gasteiger charge is -2.10. The van der Waals surface area contributed by atoms with E-state index in [0.29, 0.717) is 35.0 Å². The molecule has 0 aliphatic carbocycles. The molecular formula is C18H18N4O6. The van der Waals surface area contributed by atoms with E-state index in [1.807, 2.05) is 0 Å². The lowest BCUT2D eigenvalue weighted by atomic mass is 10.3. The van der Waals surface area contributed by atoms with Gasteiger partial charge in [-0.3, -0.25) is 0 Å². The molecule has 146 valence electrons. The molecule has 0 radical (unpaired) electrons. The molecule has 2 aromatic heterocycles. The number of hydrogen-bond acceptors (Lipinski definition) is 10. The lowest BCUT2D eigenvalue weighted by Crippen LogP contribution is -1.99. The van der Waals surface area contributed by atoms with Gasteiger partial charge < -0.3 is 28.4 Å². The van der Waals surface area contributed by atoms with Crippen LogP contribution in [0.3, 0.4) is 0 Å². The normalized spacial score (nSPS) is 10.1. The predicted molar refractivity (Wildman–Crippen MR) is 96.9 cm³/mol. The summed E-state index contributed by atoms with van der Waals surface area (Å²) in [5, 5.41) is 0. The summed E-state index contributed by atoms with van der Waals surface area (Å²) in [4.78, 5) is 16.5. The van der Waals surface area contributed by atoms with E-state index in [-0.39, 0.29) is 12.0 Å². The van der Waals surface area contributed by atoms with Crippen molar-refractivity contribution in [2.45, 2.75) is 0 Å². The van der Waals surface area contributed by atoms with E-state index >= 15 is 0 Å². The van der Waals surface area contributed by atoms with Crippen molar-refractivity contribution in [3.63, 3.8) is 0 Å². The van der Waals surface area contributed by atoms with E-state index in [1.54, 1.807) is 36.4 Å². The van der Waals surface area contributed by atoms with Gasteiger partial charge in [-0.25, -0.2) is 0 Å². The van der Waals surface area contributed by atoms with Crippen molar-refractivity contribution in [1.82, 2.24) is 19.9 Å². The van der Waals surface area contributed by atoms with Gasteiger partial charge in [-0.15, -0.1) is 0 Å². The molecule has 10 nitrogen and oxygen atoms in total. The van der Waals surface area contributed by atoms with Gasteiger partial charge in [-0.1, -0.05) is 6.07 Å². The molecule has 0 bridgehead atoms. The second-order valence-corrected chi connectivity index (χ2v) is 5.15. The van der Waals surface area contributed by atoms with Crippen molar-refractivity contribution in [1.29, 1.82) is 0 Å². The number of aromatic nitrogens is 4. The third-order valence-corrected chi connectivity index (χ3v) is 3.38. The van der Waals surface area contributed by atoms with Crippen molar-refractivity contribution in [3.8, 4) is 47.0 Å². The van der Waals surface area contributed by atoms with Gasteiger partial charge in [0.2, 0.25) is 23.5 Å². The van der Waals surface area contributed by atoms with Crippen molar-refractivity contribution in [2.75, 3.05) is 28.4 Å². The maximum atomic E-state index is 5.68. The molecule has 0 aliphatic rings. The number of benzene rings is 1. The fourth-order valence-corrected chi connectivity index (χ4v) is 2.09. The number of hydrogen-bond donors (Lipinski definition) is 0. The van der Waals surface area contributed by atoms with E-state index in [9.17, 15) is 0 Å². The van der Waals surface area contributed by atoms with Crippen LogP contribution in [0.1, 0.15) is 0 Å². The number of methoxy groups -OCH3 is 4. The standard InChI is InChI=1S/C18H18N4O6/c1-23-13-9-14(24-2)20-17(19-13)27-11-6-5-7-12(8-11)28-18-21-15(25-3)10-16(22-18)26-4/h5-10H,1-4H3. The quantitative estimate of drug-likeness (QED) is 0.573. The minimum absolute atomic E-state index is 0.0626. The zero-order chi connectivity index (χ0) is 19.9. The Bertz CT molecular complexity index is 836. The van der Waals surface area contributed by atoms with Crippen molar-refractivity contribution in [2.24, 2.45) is 0 Å². The summed E-state index contributed by atoms with van der Waals surface area (Å²) in [7, 11) is 5.95. The van der Waals surface area contributed by atoms with Crippen LogP contribution in [-0.2, 0) is 0 Å². The van der Waals surface area contributed by atoms with E-state index in [1.165, 1.54) is 28.4 Å². The van der Waals surface area contributed by atoms with E-state index in [0.717, 1.165) is 0 Å². The third kappa shape index (κ3) is 4.67. The van der Waals surface area contributed by atoms with Crippen LogP contribution < -0.4 is 28.4 Å². The van der Waals surface area contributed by atoms with Crippen LogP contribution in [0.2, 0.25) is 0 Å². The van der Waals surface area contributed by atoms with E-state index < -0.39 is 0 Å². The molecular weight excluding hydrogens is 368 g/mol. The Morgan fingerprint density at radius 2 is 0.893 bits per heavy atom. The predicted octanol–water partition coefficient (Wildman–Crippen LogP) is 2.89. The Kier molecular flexibility index (Phi) is 5.90. The van der Waals surface area contributed by atoms with Crippen LogP contribution in [0, 0.1) is 0 Å². The second kappa shape index (κ2) is 8.71. The van der Waals surface area contributed by atoms with E-state index in [4.69, 9.17) is 28.4 Å². The molecule has 28 heavy (non-hydrogen) atoms. The Labute approximate surface area is 161 Å². The Balaban J connectivity index is 1.81. The summed E-state index contributed by atoms with van der Waals surface area (Å²) >= 11 is 0. The smallest absolute Gasteiger partial charge is 0.328 e. The molecule has 0 atom stereocenters. The maximum absolute atomic E-state index is 5.68. The molecule has 0 amide bonds. The first kappa shape index (κ1) is 19.0. The summed E-state index contributed by atoms with van der Waals surface area (Å²) in [5.41, 5.74) is 0. The van der Waals surface area contributed by atoms with Crippen LogP contribution in [0.4, 0.5) is 0 Å². The van der Waals surface area contributed by atoms with Crippen molar-refractivity contribution >= 4 is 0 Å². The molecule has 0 aliphatic heterocycles. The number of rotatable bonds is 8. The molecule has 0 unspecified atom stereocenters. The molecule has 1 aromatic carbocycles. The van der Waals surface area contributed by atoms with Crippen molar-refractivity contribution in [3.05, 3.63) is 36.4 Å². The topological polar surface area (TPSA) is 107 Å². The summed E-state index contributed by atoms with van der Waals surface area (Å²) in [6.45, 7) is 0. The monoisotopic (exact) mass is 386 g/mol. The summed E-state index contributed by atoms with van der Waals surface area (Å²) in [5.74, 6) is 2.11. The minimum Gasteiger partial charge on any atom is -0.481 e. The second-order valence-electron chi connectivity index (χ2n) is 5.15. The van der Waals surface area contributed by atoms with Crippen LogP contribution >= 0.6 is 0 Å². The summed E-state index contributed by atoms with van der Waals surface area (Å²) < 4.78 is 31.8. The van der Waals surface area contributed by atoms with Crippen LogP contribution in [0.5, 0.6) is 47.0 Å². The van der Waals surface area contributed by atoms with E-state index in [2.05, 4.69) is 19.9 Å². The fraction of sp³-hybridized carbons (Fsp3) is 0.222. The maximum Gasteiger partial charge on any atom is 0.328 e. The average Bonchev–Trinajstić information content (AvgIpc) is 2.73. The number of nitrogens with zero attached hydrogens (tertiary/aromatic N) is 4. The highest BCUT2D eigenvalue weighted by Gasteiger charge is 2.11. The molecule has 0 fully saturated rings. The summed E-state index contributed by atoms with van der Waals surface area (Å²) in [6.07, 6.45) is 0. The first-order chi connectivity index (χ1) is 13.6. The SMILES string of the molecule is COc1cc(OC)nc(Oc2cccc(Oc3nc(OC)cc(OC)n3)c2)n1. The summed E-state index contributed by atoms with van der Waals surface area (Å²) in [6, 6.07) is 10.0. The Hall–Kier alpha value is -3.82. The number of ether oxygens (including phenoxy) is 6. The molecule has 0 saturated heterocycles. The van der Waals surface area contributed by atoms with Crippen LogP contribution in [0.15, 0.2) is 36.4 Å². The molecule has 3 rings (SSSR count). The zero-order valence-corrected chi connectivity index (χ0v) is 15.7. The van der Waals surface area contributed by atoms with Gasteiger partial charge in [-0.2, -0.15) is 19.9 Å². The first-order valence-corrected chi connectivity index (χ1v) is 8.03. The third-order valence-electron chi connectivity index (χ3n) is 3.38. The van der Waals surface area contributed by atoms with Gasteiger partial charge in [0.25, 0.3) is 0 Å². The van der Waals surface area contributed by atoms with Gasteiger partial charge in [0, 0.05) is 6.07 Å². The molecule has 0 saturated carbocycles. The van der Waals surface area contributed by atoms with Gasteiger partial charge in [0.15, 0.2) is 0 Å². The molecule has 10 heteroatoms. The lowest BCUT2D eigenvalue weighted by molar-refractivity contribution is 0.344. The average molecular weight is 386 g/mol. The molecule has 0 spiro atoms. The molecule has 2 heterocycles. The Morgan fingerprint density at radius 3 is 1.21 bits per heavy atom. The van der Waals surface area contributed by atoms with Crippen LogP contribution in [-0.4, -0.2) is 48.4 Å². The van der Waals surface area contributed by atoms with Gasteiger partial charge in [-0.05, 0) is 12.1 Å². The minimum atomic E-state index is 0.0626. The van der Waals surface area contributed by atoms with Gasteiger partial charge in [0.1, 0.15) is 11.5 Å². The highest BCUT2D eigenvalue weighted by molar-refractivity contribution is 5.37. The van der Waals surface area contributed by atoms with Crippen molar-refractivity contribution < 1.29 is 28.4 Å². The molecule has 3 aromatic rings. The first-order valence-electron chi connectivity index (χ1n) is 8.03. The highest BCUT2D eigenvalue weighted by Crippen LogP contribution is 2.29. The Morgan fingerprint density at radius 1 is 0.536 bits per heavy atom. The zero-order valence-electron chi connectivity index (χ0n) is 15.7. The largest absolute Gasteiger partial charge is 0.481 e.